The predicted octanol–water partition coefficient (Wildman–Crippen LogP) is 7.58. The summed E-state index contributed by atoms with van der Waals surface area (Å²) in [4.78, 5) is 18.7. The van der Waals surface area contributed by atoms with Crippen LogP contribution in [0.2, 0.25) is 0 Å². The SMILES string of the molecule is O=C(/C=C/CCCCOc1ccc(/C(=C(\c2ccccc2)C2CCC2)c2ccc3n[nH]c(F)c3c2)cn1)N1CCCC1. The summed E-state index contributed by atoms with van der Waals surface area (Å²) in [7, 11) is 0. The molecular formula is C35H37FN4O2. The van der Waals surface area contributed by atoms with Crippen LogP contribution < -0.4 is 4.74 Å². The van der Waals surface area contributed by atoms with Crippen molar-refractivity contribution >= 4 is 28.0 Å². The van der Waals surface area contributed by atoms with Crippen LogP contribution in [0.25, 0.3) is 22.0 Å². The molecule has 2 fully saturated rings. The van der Waals surface area contributed by atoms with Crippen LogP contribution >= 0.6 is 0 Å². The highest BCUT2D eigenvalue weighted by molar-refractivity contribution is 6.01. The average molecular weight is 565 g/mol. The number of carbonyl (C=O) groups excluding carboxylic acids is 1. The summed E-state index contributed by atoms with van der Waals surface area (Å²) in [6.45, 7) is 2.33. The molecule has 1 aliphatic heterocycles. The van der Waals surface area contributed by atoms with E-state index < -0.39 is 5.95 Å². The number of nitrogens with zero attached hydrogens (tertiary/aromatic N) is 3. The van der Waals surface area contributed by atoms with Crippen molar-refractivity contribution in [3.05, 3.63) is 102 Å². The van der Waals surface area contributed by atoms with Gasteiger partial charge in [0.15, 0.2) is 0 Å². The Kier molecular flexibility index (Phi) is 8.73. The van der Waals surface area contributed by atoms with Gasteiger partial charge in [-0.25, -0.2) is 4.98 Å². The number of pyridine rings is 1. The summed E-state index contributed by atoms with van der Waals surface area (Å²) in [5, 5.41) is 7.03. The van der Waals surface area contributed by atoms with Crippen molar-refractivity contribution in [3.8, 4) is 5.88 Å². The Hall–Kier alpha value is -4.26. The molecule has 216 valence electrons. The van der Waals surface area contributed by atoms with E-state index in [9.17, 15) is 9.18 Å². The third kappa shape index (κ3) is 6.30. The quantitative estimate of drug-likeness (QED) is 0.116. The lowest BCUT2D eigenvalue weighted by molar-refractivity contribution is -0.125. The molecule has 42 heavy (non-hydrogen) atoms. The van der Waals surface area contributed by atoms with Crippen LogP contribution in [0.5, 0.6) is 5.88 Å². The molecule has 0 atom stereocenters. The van der Waals surface area contributed by atoms with Gasteiger partial charge in [0.1, 0.15) is 0 Å². The number of likely N-dealkylation sites (tertiary alicyclic amines) is 1. The van der Waals surface area contributed by atoms with Crippen molar-refractivity contribution in [2.45, 2.75) is 51.4 Å². The molecule has 1 amide bonds. The van der Waals surface area contributed by atoms with Gasteiger partial charge in [-0.15, -0.1) is 0 Å². The molecule has 2 aliphatic rings. The molecule has 0 unspecified atom stereocenters. The van der Waals surface area contributed by atoms with E-state index in [0.29, 0.717) is 29.3 Å². The summed E-state index contributed by atoms with van der Waals surface area (Å²) >= 11 is 0. The van der Waals surface area contributed by atoms with Crippen LogP contribution in [0.3, 0.4) is 0 Å². The summed E-state index contributed by atoms with van der Waals surface area (Å²) in [6, 6.07) is 20.3. The Morgan fingerprint density at radius 1 is 0.976 bits per heavy atom. The first-order valence-corrected chi connectivity index (χ1v) is 15.2. The van der Waals surface area contributed by atoms with Crippen LogP contribution in [0.15, 0.2) is 79.0 Å². The van der Waals surface area contributed by atoms with Gasteiger partial charge in [0, 0.05) is 30.9 Å². The molecule has 1 saturated heterocycles. The standard InChI is InChI=1S/C35H37FN4O2/c36-35-29-23-27(16-18-30(29)38-39-35)34(33(26-13-10-14-26)25-11-4-3-5-12-25)28-17-19-31(37-24-28)42-22-9-2-1-6-15-32(41)40-20-7-8-21-40/h3-6,11-12,15-19,23-24,26H,1-2,7-10,13-14,20-22H2,(H,38,39)/b15-6+,34-33+. The number of nitrogens with one attached hydrogen (secondary N) is 1. The number of halogens is 1. The van der Waals surface area contributed by atoms with E-state index in [1.165, 1.54) is 17.6 Å². The number of rotatable bonds is 11. The number of hydrogen-bond acceptors (Lipinski definition) is 4. The fraction of sp³-hybridized carbons (Fsp3) is 0.343. The summed E-state index contributed by atoms with van der Waals surface area (Å²) in [5.41, 5.74) is 6.06. The van der Waals surface area contributed by atoms with Crippen molar-refractivity contribution in [1.29, 1.82) is 0 Å². The Morgan fingerprint density at radius 3 is 2.52 bits per heavy atom. The number of benzene rings is 2. The van der Waals surface area contributed by atoms with Crippen molar-refractivity contribution in [2.75, 3.05) is 19.7 Å². The summed E-state index contributed by atoms with van der Waals surface area (Å²) in [6.07, 6.45) is 13.9. The molecule has 4 aromatic rings. The van der Waals surface area contributed by atoms with Gasteiger partial charge in [0.05, 0.1) is 17.5 Å². The third-order valence-electron chi connectivity index (χ3n) is 8.38. The lowest BCUT2D eigenvalue weighted by atomic mass is 9.73. The van der Waals surface area contributed by atoms with E-state index in [0.717, 1.165) is 74.7 Å². The molecule has 0 radical (unpaired) electrons. The van der Waals surface area contributed by atoms with Crippen molar-refractivity contribution in [2.24, 2.45) is 5.92 Å². The van der Waals surface area contributed by atoms with Gasteiger partial charge in [-0.3, -0.25) is 9.89 Å². The molecule has 3 heterocycles. The van der Waals surface area contributed by atoms with Gasteiger partial charge in [-0.2, -0.15) is 9.49 Å². The minimum Gasteiger partial charge on any atom is -0.478 e. The summed E-state index contributed by atoms with van der Waals surface area (Å²) < 4.78 is 20.5. The second kappa shape index (κ2) is 13.1. The molecule has 0 bridgehead atoms. The highest BCUT2D eigenvalue weighted by atomic mass is 19.1. The monoisotopic (exact) mass is 564 g/mol. The number of H-pyrrole nitrogens is 1. The second-order valence-corrected chi connectivity index (χ2v) is 11.2. The lowest BCUT2D eigenvalue weighted by Gasteiger charge is -2.31. The molecule has 0 spiro atoms. The number of allylic oxidation sites excluding steroid dienone is 2. The first kappa shape index (κ1) is 27.9. The number of amides is 1. The predicted molar refractivity (Wildman–Crippen MR) is 164 cm³/mol. The van der Waals surface area contributed by atoms with Crippen LogP contribution in [0, 0.1) is 11.9 Å². The number of carbonyl (C=O) groups is 1. The highest BCUT2D eigenvalue weighted by Gasteiger charge is 2.27. The number of hydrogen-bond donors (Lipinski definition) is 1. The normalized spacial score (nSPS) is 16.2. The number of aromatic amines is 1. The maximum atomic E-state index is 14.5. The fourth-order valence-corrected chi connectivity index (χ4v) is 5.89. The van der Waals surface area contributed by atoms with Gasteiger partial charge in [0.25, 0.3) is 0 Å². The smallest absolute Gasteiger partial charge is 0.246 e. The molecule has 2 aromatic carbocycles. The van der Waals surface area contributed by atoms with E-state index in [1.54, 1.807) is 6.08 Å². The highest BCUT2D eigenvalue weighted by Crippen LogP contribution is 2.45. The maximum Gasteiger partial charge on any atom is 0.246 e. The first-order chi connectivity index (χ1) is 20.7. The number of ether oxygens (including phenoxy) is 1. The van der Waals surface area contributed by atoms with E-state index in [2.05, 4.69) is 45.5 Å². The summed E-state index contributed by atoms with van der Waals surface area (Å²) in [5.74, 6) is 0.720. The molecule has 7 heteroatoms. The molecule has 1 saturated carbocycles. The van der Waals surface area contributed by atoms with Gasteiger partial charge >= 0.3 is 0 Å². The molecule has 1 N–H and O–H groups in total. The van der Waals surface area contributed by atoms with E-state index in [4.69, 9.17) is 4.74 Å². The van der Waals surface area contributed by atoms with Gasteiger partial charge in [0.2, 0.25) is 17.7 Å². The number of unbranched alkanes of at least 4 members (excludes halogenated alkanes) is 2. The third-order valence-corrected chi connectivity index (χ3v) is 8.38. The van der Waals surface area contributed by atoms with Gasteiger partial charge in [-0.05, 0) is 97.4 Å². The van der Waals surface area contributed by atoms with E-state index in [1.807, 2.05) is 47.5 Å². The number of fused-ring (bicyclic) bond motifs is 1. The topological polar surface area (TPSA) is 71.1 Å². The Bertz CT molecular complexity index is 1570. The van der Waals surface area contributed by atoms with Gasteiger partial charge in [-0.1, -0.05) is 48.9 Å². The fourth-order valence-electron chi connectivity index (χ4n) is 5.89. The lowest BCUT2D eigenvalue weighted by Crippen LogP contribution is -2.25. The zero-order valence-corrected chi connectivity index (χ0v) is 23.9. The van der Waals surface area contributed by atoms with E-state index in [-0.39, 0.29) is 5.91 Å². The second-order valence-electron chi connectivity index (χ2n) is 11.2. The van der Waals surface area contributed by atoms with Crippen LogP contribution in [-0.4, -0.2) is 45.7 Å². The molecule has 2 aromatic heterocycles. The number of aromatic nitrogens is 3. The molecule has 1 aliphatic carbocycles. The maximum absolute atomic E-state index is 14.5. The zero-order chi connectivity index (χ0) is 28.7. The van der Waals surface area contributed by atoms with E-state index >= 15 is 0 Å². The van der Waals surface area contributed by atoms with Crippen molar-refractivity contribution in [1.82, 2.24) is 20.1 Å². The van der Waals surface area contributed by atoms with Crippen LogP contribution in [-0.2, 0) is 4.79 Å². The Balaban J connectivity index is 1.18. The first-order valence-electron chi connectivity index (χ1n) is 15.2. The minimum absolute atomic E-state index is 0.129. The zero-order valence-electron chi connectivity index (χ0n) is 23.9. The Labute approximate surface area is 246 Å². The minimum atomic E-state index is -0.424. The van der Waals surface area contributed by atoms with Crippen LogP contribution in [0.4, 0.5) is 4.39 Å². The molecule has 6 rings (SSSR count). The van der Waals surface area contributed by atoms with Gasteiger partial charge < -0.3 is 9.64 Å². The van der Waals surface area contributed by atoms with Crippen LogP contribution in [0.1, 0.15) is 68.1 Å². The van der Waals surface area contributed by atoms with Crippen molar-refractivity contribution < 1.29 is 13.9 Å². The average Bonchev–Trinajstić information content (AvgIpc) is 3.67. The van der Waals surface area contributed by atoms with Crippen molar-refractivity contribution in [3.63, 3.8) is 0 Å². The molecular weight excluding hydrogens is 527 g/mol. The Morgan fingerprint density at radius 2 is 1.79 bits per heavy atom. The molecule has 6 nitrogen and oxygen atoms in total. The largest absolute Gasteiger partial charge is 0.478 e.